The zero-order chi connectivity index (χ0) is 23.5. The zero-order valence-electron chi connectivity index (χ0n) is 20.6. The summed E-state index contributed by atoms with van der Waals surface area (Å²) in [7, 11) is 0. The Hall–Kier alpha value is -1.92. The SMILES string of the molecule is CC1CN(C(=O)CCc2cccc(CCC(=O)N3CC(C)OCC3(C)C)c2)C(C)(C)CO1. The van der Waals surface area contributed by atoms with E-state index >= 15 is 0 Å². The topological polar surface area (TPSA) is 59.1 Å². The van der Waals surface area contributed by atoms with E-state index in [1.54, 1.807) is 0 Å². The van der Waals surface area contributed by atoms with Crippen LogP contribution in [0.25, 0.3) is 0 Å². The minimum absolute atomic E-state index is 0.0762. The van der Waals surface area contributed by atoms with Crippen molar-refractivity contribution in [3.63, 3.8) is 0 Å². The third-order valence-corrected chi connectivity index (χ3v) is 6.63. The van der Waals surface area contributed by atoms with Gasteiger partial charge < -0.3 is 19.3 Å². The molecule has 2 aliphatic heterocycles. The monoisotopic (exact) mass is 444 g/mol. The number of benzene rings is 1. The highest BCUT2D eigenvalue weighted by Gasteiger charge is 2.37. The smallest absolute Gasteiger partial charge is 0.223 e. The molecule has 6 nitrogen and oxygen atoms in total. The normalized spacial score (nSPS) is 24.9. The second kappa shape index (κ2) is 9.92. The van der Waals surface area contributed by atoms with Crippen molar-refractivity contribution < 1.29 is 19.1 Å². The van der Waals surface area contributed by atoms with Gasteiger partial charge in [0.05, 0.1) is 36.5 Å². The highest BCUT2D eigenvalue weighted by Crippen LogP contribution is 2.25. The van der Waals surface area contributed by atoms with Crippen LogP contribution in [-0.4, -0.2) is 71.2 Å². The third kappa shape index (κ3) is 6.10. The standard InChI is InChI=1S/C26H40N2O4/c1-19-15-27(25(3,4)17-31-19)23(29)12-10-21-8-7-9-22(14-21)11-13-24(30)28-16-20(2)32-18-26(28,5)6/h7-9,14,19-20H,10-13,15-18H2,1-6H3. The number of rotatable bonds is 6. The molecule has 0 saturated carbocycles. The molecule has 3 rings (SSSR count). The average molecular weight is 445 g/mol. The van der Waals surface area contributed by atoms with E-state index in [1.165, 1.54) is 0 Å². The van der Waals surface area contributed by atoms with E-state index in [2.05, 4.69) is 45.9 Å². The summed E-state index contributed by atoms with van der Waals surface area (Å²) >= 11 is 0. The average Bonchev–Trinajstić information content (AvgIpc) is 2.74. The minimum atomic E-state index is -0.267. The molecule has 0 radical (unpaired) electrons. The van der Waals surface area contributed by atoms with Gasteiger partial charge in [-0.15, -0.1) is 0 Å². The largest absolute Gasteiger partial charge is 0.374 e. The number of carbonyl (C=O) groups excluding carboxylic acids is 2. The summed E-state index contributed by atoms with van der Waals surface area (Å²) in [6, 6.07) is 8.30. The molecule has 2 saturated heterocycles. The first-order valence-corrected chi connectivity index (χ1v) is 11.9. The van der Waals surface area contributed by atoms with E-state index in [4.69, 9.17) is 9.47 Å². The maximum Gasteiger partial charge on any atom is 0.223 e. The second-order valence-corrected chi connectivity index (χ2v) is 10.7. The Balaban J connectivity index is 1.54. The number of nitrogens with zero attached hydrogens (tertiary/aromatic N) is 2. The summed E-state index contributed by atoms with van der Waals surface area (Å²) in [4.78, 5) is 29.7. The number of hydrogen-bond donors (Lipinski definition) is 0. The van der Waals surface area contributed by atoms with Crippen molar-refractivity contribution in [3.05, 3.63) is 35.4 Å². The van der Waals surface area contributed by atoms with Gasteiger partial charge in [0.15, 0.2) is 0 Å². The van der Waals surface area contributed by atoms with E-state index in [1.807, 2.05) is 29.7 Å². The van der Waals surface area contributed by atoms with Gasteiger partial charge in [-0.05, 0) is 65.5 Å². The first-order chi connectivity index (χ1) is 15.0. The van der Waals surface area contributed by atoms with Gasteiger partial charge in [0.25, 0.3) is 0 Å². The second-order valence-electron chi connectivity index (χ2n) is 10.7. The molecule has 178 valence electrons. The van der Waals surface area contributed by atoms with E-state index in [9.17, 15) is 9.59 Å². The number of ether oxygens (including phenoxy) is 2. The minimum Gasteiger partial charge on any atom is -0.374 e. The van der Waals surface area contributed by atoms with Crippen molar-refractivity contribution >= 4 is 11.8 Å². The quantitative estimate of drug-likeness (QED) is 0.673. The number of morpholine rings is 2. The Morgan fingerprint density at radius 2 is 1.25 bits per heavy atom. The van der Waals surface area contributed by atoms with Crippen LogP contribution in [-0.2, 0) is 31.9 Å². The number of amides is 2. The molecule has 32 heavy (non-hydrogen) atoms. The van der Waals surface area contributed by atoms with Gasteiger partial charge in [-0.1, -0.05) is 24.3 Å². The first kappa shape index (κ1) is 24.7. The molecule has 2 atom stereocenters. The Morgan fingerprint density at radius 1 is 0.844 bits per heavy atom. The van der Waals surface area contributed by atoms with Gasteiger partial charge in [0.2, 0.25) is 11.8 Å². The lowest BCUT2D eigenvalue weighted by atomic mass is 9.98. The molecule has 0 spiro atoms. The molecule has 2 fully saturated rings. The van der Waals surface area contributed by atoms with Crippen molar-refractivity contribution in [2.45, 2.75) is 90.5 Å². The molecule has 0 bridgehead atoms. The molecular weight excluding hydrogens is 404 g/mol. The Labute approximate surface area is 193 Å². The summed E-state index contributed by atoms with van der Waals surface area (Å²) in [5, 5.41) is 0. The van der Waals surface area contributed by atoms with Gasteiger partial charge in [0, 0.05) is 25.9 Å². The molecule has 2 amide bonds. The Morgan fingerprint density at radius 3 is 1.66 bits per heavy atom. The van der Waals surface area contributed by atoms with Gasteiger partial charge in [-0.25, -0.2) is 0 Å². The highest BCUT2D eigenvalue weighted by atomic mass is 16.5. The third-order valence-electron chi connectivity index (χ3n) is 6.63. The predicted molar refractivity (Wildman–Crippen MR) is 125 cm³/mol. The van der Waals surface area contributed by atoms with Crippen LogP contribution in [0.1, 0.15) is 65.5 Å². The first-order valence-electron chi connectivity index (χ1n) is 11.9. The maximum absolute atomic E-state index is 12.9. The van der Waals surface area contributed by atoms with Gasteiger partial charge in [-0.2, -0.15) is 0 Å². The lowest BCUT2D eigenvalue weighted by Crippen LogP contribution is -2.57. The molecule has 0 N–H and O–H groups in total. The lowest BCUT2D eigenvalue weighted by molar-refractivity contribution is -0.153. The predicted octanol–water partition coefficient (Wildman–Crippen LogP) is 3.60. The van der Waals surface area contributed by atoms with Crippen molar-refractivity contribution in [3.8, 4) is 0 Å². The van der Waals surface area contributed by atoms with E-state index in [-0.39, 0.29) is 35.1 Å². The fourth-order valence-electron chi connectivity index (χ4n) is 4.55. The van der Waals surface area contributed by atoms with Crippen LogP contribution < -0.4 is 0 Å². The number of hydrogen-bond acceptors (Lipinski definition) is 4. The van der Waals surface area contributed by atoms with Crippen molar-refractivity contribution in [1.82, 2.24) is 9.80 Å². The summed E-state index contributed by atoms with van der Waals surface area (Å²) in [5.74, 6) is 0.351. The van der Waals surface area contributed by atoms with Crippen LogP contribution >= 0.6 is 0 Å². The molecule has 1 aromatic carbocycles. The fourth-order valence-corrected chi connectivity index (χ4v) is 4.55. The van der Waals surface area contributed by atoms with Crippen LogP contribution in [0.2, 0.25) is 0 Å². The number of carbonyl (C=O) groups is 2. The summed E-state index contributed by atoms with van der Waals surface area (Å²) in [6.45, 7) is 14.7. The molecule has 0 aromatic heterocycles. The zero-order valence-corrected chi connectivity index (χ0v) is 20.6. The maximum atomic E-state index is 12.9. The van der Waals surface area contributed by atoms with Crippen LogP contribution in [0.3, 0.4) is 0 Å². The molecule has 0 aliphatic carbocycles. The van der Waals surface area contributed by atoms with E-state index < -0.39 is 0 Å². The van der Waals surface area contributed by atoms with Gasteiger partial charge in [0.1, 0.15) is 0 Å². The van der Waals surface area contributed by atoms with E-state index in [0.717, 1.165) is 11.1 Å². The molecular formula is C26H40N2O4. The highest BCUT2D eigenvalue weighted by molar-refractivity contribution is 5.78. The Bertz CT molecular complexity index is 757. The van der Waals surface area contributed by atoms with Crippen LogP contribution in [0, 0.1) is 0 Å². The van der Waals surface area contributed by atoms with Crippen LogP contribution in [0.4, 0.5) is 0 Å². The van der Waals surface area contributed by atoms with Gasteiger partial charge >= 0.3 is 0 Å². The Kier molecular flexibility index (Phi) is 7.66. The number of aryl methyl sites for hydroxylation is 2. The lowest BCUT2D eigenvalue weighted by Gasteiger charge is -2.44. The van der Waals surface area contributed by atoms with Crippen LogP contribution in [0.15, 0.2) is 24.3 Å². The van der Waals surface area contributed by atoms with Crippen LogP contribution in [0.5, 0.6) is 0 Å². The van der Waals surface area contributed by atoms with E-state index in [0.29, 0.717) is 52.0 Å². The van der Waals surface area contributed by atoms with Crippen molar-refractivity contribution in [1.29, 1.82) is 0 Å². The molecule has 2 unspecified atom stereocenters. The molecule has 6 heteroatoms. The summed E-state index contributed by atoms with van der Waals surface area (Å²) in [6.07, 6.45) is 2.53. The summed E-state index contributed by atoms with van der Waals surface area (Å²) < 4.78 is 11.5. The molecule has 1 aromatic rings. The molecule has 2 heterocycles. The van der Waals surface area contributed by atoms with Gasteiger partial charge in [-0.3, -0.25) is 9.59 Å². The molecule has 2 aliphatic rings. The summed E-state index contributed by atoms with van der Waals surface area (Å²) in [5.41, 5.74) is 1.75. The van der Waals surface area contributed by atoms with Crippen molar-refractivity contribution in [2.75, 3.05) is 26.3 Å². The fraction of sp³-hybridized carbons (Fsp3) is 0.692. The van der Waals surface area contributed by atoms with Crippen molar-refractivity contribution in [2.24, 2.45) is 0 Å².